The number of halogens is 3. The molecule has 1 aliphatic heterocycles. The van der Waals surface area contributed by atoms with E-state index in [1.807, 2.05) is 23.9 Å². The van der Waals surface area contributed by atoms with Crippen LogP contribution in [0.25, 0.3) is 10.9 Å². The number of benzene rings is 1. The predicted octanol–water partition coefficient (Wildman–Crippen LogP) is 4.00. The summed E-state index contributed by atoms with van der Waals surface area (Å²) in [4.78, 5) is 19.2. The van der Waals surface area contributed by atoms with Crippen molar-refractivity contribution in [2.75, 3.05) is 31.6 Å². The van der Waals surface area contributed by atoms with Crippen molar-refractivity contribution >= 4 is 52.3 Å². The zero-order valence-electron chi connectivity index (χ0n) is 15.1. The van der Waals surface area contributed by atoms with Crippen LogP contribution < -0.4 is 5.32 Å². The molecule has 4 rings (SSSR count). The number of pyridine rings is 1. The number of fused-ring (bicyclic) bond motifs is 1. The number of hydrogen-bond donors (Lipinski definition) is 1. The molecule has 1 aliphatic rings. The molecule has 0 atom stereocenters. The van der Waals surface area contributed by atoms with Crippen LogP contribution in [0, 0.1) is 5.82 Å². The van der Waals surface area contributed by atoms with Crippen LogP contribution in [0.2, 0.25) is 5.02 Å². The molecular formula is C19H19Cl2FN4O2. The number of carbonyl (C=O) groups excluding carboxylic acids is 1. The highest BCUT2D eigenvalue weighted by Crippen LogP contribution is 2.31. The molecule has 3 aromatic rings. The van der Waals surface area contributed by atoms with Gasteiger partial charge in [0.25, 0.3) is 5.91 Å². The van der Waals surface area contributed by atoms with Crippen molar-refractivity contribution in [2.45, 2.75) is 0 Å². The Labute approximate surface area is 172 Å². The Morgan fingerprint density at radius 3 is 2.75 bits per heavy atom. The average molecular weight is 425 g/mol. The maximum absolute atomic E-state index is 13.3. The smallest absolute Gasteiger partial charge is 0.257 e. The van der Waals surface area contributed by atoms with Crippen LogP contribution in [0.5, 0.6) is 0 Å². The van der Waals surface area contributed by atoms with Gasteiger partial charge in [0.1, 0.15) is 11.6 Å². The summed E-state index contributed by atoms with van der Waals surface area (Å²) in [6.07, 6.45) is 3.44. The van der Waals surface area contributed by atoms with Gasteiger partial charge in [0.15, 0.2) is 0 Å². The molecule has 1 saturated heterocycles. The van der Waals surface area contributed by atoms with E-state index in [0.29, 0.717) is 43.4 Å². The van der Waals surface area contributed by atoms with Crippen molar-refractivity contribution in [3.8, 4) is 0 Å². The largest absolute Gasteiger partial charge is 0.378 e. The zero-order valence-corrected chi connectivity index (χ0v) is 16.7. The number of rotatable bonds is 3. The molecule has 28 heavy (non-hydrogen) atoms. The predicted molar refractivity (Wildman–Crippen MR) is 109 cm³/mol. The Morgan fingerprint density at radius 1 is 1.29 bits per heavy atom. The molecule has 0 saturated carbocycles. The van der Waals surface area contributed by atoms with Crippen LogP contribution in [0.1, 0.15) is 10.4 Å². The van der Waals surface area contributed by atoms with E-state index in [1.54, 1.807) is 17.2 Å². The molecule has 0 bridgehead atoms. The standard InChI is InChI=1S/C19H18ClFN4O2.ClH/c1-24-5-4-13-17(24)14(19(26)25-6-8-27-9-7-25)11-22-18(13)23-16-3-2-12(21)10-15(16)20;/h2-5,10-11H,6-9H2,1H3,(H,22,23);1H. The fourth-order valence-corrected chi connectivity index (χ4v) is 3.44. The molecule has 0 aliphatic carbocycles. The molecule has 9 heteroatoms. The van der Waals surface area contributed by atoms with Crippen LogP contribution in [-0.4, -0.2) is 46.7 Å². The highest BCUT2D eigenvalue weighted by molar-refractivity contribution is 6.33. The molecule has 0 unspecified atom stereocenters. The van der Waals surface area contributed by atoms with Gasteiger partial charge in [0.2, 0.25) is 0 Å². The minimum Gasteiger partial charge on any atom is -0.378 e. The van der Waals surface area contributed by atoms with Crippen LogP contribution in [-0.2, 0) is 11.8 Å². The summed E-state index contributed by atoms with van der Waals surface area (Å²) in [5.74, 6) is 0.0800. The number of morpholine rings is 1. The van der Waals surface area contributed by atoms with Gasteiger partial charge in [-0.1, -0.05) is 11.6 Å². The topological polar surface area (TPSA) is 59.4 Å². The monoisotopic (exact) mass is 424 g/mol. The number of nitrogens with one attached hydrogen (secondary N) is 1. The molecule has 0 spiro atoms. The second-order valence-electron chi connectivity index (χ2n) is 6.36. The van der Waals surface area contributed by atoms with E-state index in [0.717, 1.165) is 10.9 Å². The van der Waals surface area contributed by atoms with E-state index in [-0.39, 0.29) is 23.3 Å². The van der Waals surface area contributed by atoms with Crippen molar-refractivity contribution < 1.29 is 13.9 Å². The van der Waals surface area contributed by atoms with Crippen LogP contribution in [0.15, 0.2) is 36.7 Å². The number of ether oxygens (including phenoxy) is 1. The van der Waals surface area contributed by atoms with Gasteiger partial charge in [-0.2, -0.15) is 0 Å². The molecular weight excluding hydrogens is 406 g/mol. The highest BCUT2D eigenvalue weighted by atomic mass is 35.5. The van der Waals surface area contributed by atoms with Gasteiger partial charge in [0.05, 0.1) is 35.0 Å². The first-order chi connectivity index (χ1) is 13.0. The SMILES string of the molecule is Cl.Cn1ccc2c(Nc3ccc(F)cc3Cl)ncc(C(=O)N3CCOCC3)c21. The van der Waals surface area contributed by atoms with Gasteiger partial charge in [0, 0.05) is 37.9 Å². The van der Waals surface area contributed by atoms with E-state index in [4.69, 9.17) is 16.3 Å². The Hall–Kier alpha value is -2.35. The third kappa shape index (κ3) is 3.78. The fraction of sp³-hybridized carbons (Fsp3) is 0.263. The summed E-state index contributed by atoms with van der Waals surface area (Å²) < 4.78 is 20.5. The Kier molecular flexibility index (Phi) is 6.07. The molecule has 2 aromatic heterocycles. The van der Waals surface area contributed by atoms with Crippen LogP contribution in [0.4, 0.5) is 15.9 Å². The molecule has 1 N–H and O–H groups in total. The minimum absolute atomic E-state index is 0. The second-order valence-corrected chi connectivity index (χ2v) is 6.77. The lowest BCUT2D eigenvalue weighted by molar-refractivity contribution is 0.0303. The van der Waals surface area contributed by atoms with E-state index in [2.05, 4.69) is 10.3 Å². The van der Waals surface area contributed by atoms with E-state index >= 15 is 0 Å². The minimum atomic E-state index is -0.408. The van der Waals surface area contributed by atoms with Gasteiger partial charge in [-0.25, -0.2) is 9.37 Å². The van der Waals surface area contributed by atoms with Crippen molar-refractivity contribution in [1.82, 2.24) is 14.5 Å². The molecule has 148 valence electrons. The molecule has 1 fully saturated rings. The Bertz CT molecular complexity index is 1020. The third-order valence-electron chi connectivity index (χ3n) is 4.62. The first-order valence-corrected chi connectivity index (χ1v) is 8.95. The summed E-state index contributed by atoms with van der Waals surface area (Å²) in [5.41, 5.74) is 1.86. The lowest BCUT2D eigenvalue weighted by atomic mass is 10.1. The van der Waals surface area contributed by atoms with E-state index < -0.39 is 5.82 Å². The Balaban J connectivity index is 0.00000225. The third-order valence-corrected chi connectivity index (χ3v) is 4.93. The van der Waals surface area contributed by atoms with E-state index in [9.17, 15) is 9.18 Å². The number of aryl methyl sites for hydroxylation is 1. The van der Waals surface area contributed by atoms with Crippen LogP contribution >= 0.6 is 24.0 Å². The van der Waals surface area contributed by atoms with Crippen molar-refractivity contribution in [2.24, 2.45) is 7.05 Å². The number of hydrogen-bond acceptors (Lipinski definition) is 4. The molecule has 0 radical (unpaired) electrons. The maximum Gasteiger partial charge on any atom is 0.257 e. The number of anilines is 2. The number of amides is 1. The van der Waals surface area contributed by atoms with Gasteiger partial charge >= 0.3 is 0 Å². The van der Waals surface area contributed by atoms with Gasteiger partial charge in [-0.05, 0) is 24.3 Å². The quantitative estimate of drug-likeness (QED) is 0.689. The highest BCUT2D eigenvalue weighted by Gasteiger charge is 2.23. The summed E-state index contributed by atoms with van der Waals surface area (Å²) >= 11 is 6.11. The van der Waals surface area contributed by atoms with Gasteiger partial charge < -0.3 is 19.5 Å². The normalized spacial score (nSPS) is 14.0. The first-order valence-electron chi connectivity index (χ1n) is 8.58. The second kappa shape index (κ2) is 8.34. The maximum atomic E-state index is 13.3. The van der Waals surface area contributed by atoms with Gasteiger partial charge in [-0.15, -0.1) is 12.4 Å². The van der Waals surface area contributed by atoms with Gasteiger partial charge in [-0.3, -0.25) is 4.79 Å². The number of nitrogens with zero attached hydrogens (tertiary/aromatic N) is 3. The molecule has 3 heterocycles. The van der Waals surface area contributed by atoms with Crippen LogP contribution in [0.3, 0.4) is 0 Å². The zero-order chi connectivity index (χ0) is 19.0. The molecule has 6 nitrogen and oxygen atoms in total. The number of carbonyl (C=O) groups is 1. The van der Waals surface area contributed by atoms with Crippen molar-refractivity contribution in [3.05, 3.63) is 53.1 Å². The Morgan fingerprint density at radius 2 is 2.04 bits per heavy atom. The summed E-state index contributed by atoms with van der Waals surface area (Å²) in [6, 6.07) is 6.01. The molecule has 1 aromatic carbocycles. The lowest BCUT2D eigenvalue weighted by Gasteiger charge is -2.27. The molecule has 1 amide bonds. The number of aromatic nitrogens is 2. The summed E-state index contributed by atoms with van der Waals surface area (Å²) in [7, 11) is 1.88. The summed E-state index contributed by atoms with van der Waals surface area (Å²) in [5, 5.41) is 4.18. The fourth-order valence-electron chi connectivity index (χ4n) is 3.23. The lowest BCUT2D eigenvalue weighted by Crippen LogP contribution is -2.40. The summed E-state index contributed by atoms with van der Waals surface area (Å²) in [6.45, 7) is 2.21. The first kappa shape index (κ1) is 20.4. The average Bonchev–Trinajstić information content (AvgIpc) is 3.07. The van der Waals surface area contributed by atoms with E-state index in [1.165, 1.54) is 12.1 Å². The van der Waals surface area contributed by atoms with Crippen molar-refractivity contribution in [1.29, 1.82) is 0 Å². The van der Waals surface area contributed by atoms with Crippen molar-refractivity contribution in [3.63, 3.8) is 0 Å².